The molecule has 0 aliphatic rings. The number of benzene rings is 1. The smallest absolute Gasteiger partial charge is 0.328 e. The van der Waals surface area contributed by atoms with Crippen LogP contribution in [0.1, 0.15) is 19.9 Å². The fourth-order valence-electron chi connectivity index (χ4n) is 1.92. The molecule has 0 bridgehead atoms. The predicted octanol–water partition coefficient (Wildman–Crippen LogP) is 1.59. The molecule has 0 saturated carbocycles. The lowest BCUT2D eigenvalue weighted by Crippen LogP contribution is -2.29. The molecule has 112 valence electrons. The summed E-state index contributed by atoms with van der Waals surface area (Å²) < 4.78 is 15.9. The van der Waals surface area contributed by atoms with Crippen LogP contribution in [0.3, 0.4) is 0 Å². The number of carbonyl (C=O) groups excluding carboxylic acids is 1. The SMILES string of the molecule is CC(C)n1ccn(CC(=O)Nc2ccc(F)c(N)c2)c1=O. The minimum atomic E-state index is -0.543. The van der Waals surface area contributed by atoms with Gasteiger partial charge in [-0.3, -0.25) is 13.9 Å². The van der Waals surface area contributed by atoms with E-state index >= 15 is 0 Å². The lowest BCUT2D eigenvalue weighted by molar-refractivity contribution is -0.116. The maximum Gasteiger partial charge on any atom is 0.328 e. The average molecular weight is 292 g/mol. The second-order valence-electron chi connectivity index (χ2n) is 4.99. The van der Waals surface area contributed by atoms with Gasteiger partial charge in [0, 0.05) is 24.1 Å². The van der Waals surface area contributed by atoms with E-state index in [9.17, 15) is 14.0 Å². The van der Waals surface area contributed by atoms with E-state index in [-0.39, 0.29) is 29.9 Å². The molecule has 0 aliphatic carbocycles. The predicted molar refractivity (Wildman–Crippen MR) is 78.5 cm³/mol. The molecule has 3 N–H and O–H groups in total. The fraction of sp³-hybridized carbons (Fsp3) is 0.286. The number of nitrogens with two attached hydrogens (primary N) is 1. The number of nitrogen functional groups attached to an aromatic ring is 1. The first kappa shape index (κ1) is 14.8. The number of aromatic nitrogens is 2. The summed E-state index contributed by atoms with van der Waals surface area (Å²) in [6.45, 7) is 3.65. The summed E-state index contributed by atoms with van der Waals surface area (Å²) in [6.07, 6.45) is 3.19. The van der Waals surface area contributed by atoms with Crippen molar-refractivity contribution in [2.24, 2.45) is 0 Å². The monoisotopic (exact) mass is 292 g/mol. The number of amides is 1. The first-order chi connectivity index (χ1) is 9.88. The van der Waals surface area contributed by atoms with Gasteiger partial charge in [-0.05, 0) is 32.0 Å². The first-order valence-corrected chi connectivity index (χ1v) is 6.50. The first-order valence-electron chi connectivity index (χ1n) is 6.50. The lowest BCUT2D eigenvalue weighted by atomic mass is 10.2. The quantitative estimate of drug-likeness (QED) is 0.840. The Morgan fingerprint density at radius 3 is 2.67 bits per heavy atom. The Morgan fingerprint density at radius 2 is 2.10 bits per heavy atom. The van der Waals surface area contributed by atoms with Crippen LogP contribution in [-0.2, 0) is 11.3 Å². The molecule has 0 spiro atoms. The third-order valence-corrected chi connectivity index (χ3v) is 3.02. The number of hydrogen-bond donors (Lipinski definition) is 2. The van der Waals surface area contributed by atoms with Crippen LogP contribution in [0.5, 0.6) is 0 Å². The highest BCUT2D eigenvalue weighted by Crippen LogP contribution is 2.16. The number of hydrogen-bond acceptors (Lipinski definition) is 3. The third-order valence-electron chi connectivity index (χ3n) is 3.02. The van der Waals surface area contributed by atoms with Crippen LogP contribution in [-0.4, -0.2) is 15.0 Å². The van der Waals surface area contributed by atoms with E-state index in [1.807, 2.05) is 13.8 Å². The van der Waals surface area contributed by atoms with Crippen molar-refractivity contribution in [2.45, 2.75) is 26.4 Å². The normalized spacial score (nSPS) is 10.9. The Morgan fingerprint density at radius 1 is 1.38 bits per heavy atom. The molecule has 21 heavy (non-hydrogen) atoms. The van der Waals surface area contributed by atoms with Crippen molar-refractivity contribution in [1.29, 1.82) is 0 Å². The summed E-state index contributed by atoms with van der Waals surface area (Å²) in [4.78, 5) is 23.9. The molecule has 2 rings (SSSR count). The Bertz CT molecular complexity index is 718. The largest absolute Gasteiger partial charge is 0.396 e. The van der Waals surface area contributed by atoms with E-state index in [1.165, 1.54) is 27.3 Å². The Kier molecular flexibility index (Phi) is 4.11. The van der Waals surface area contributed by atoms with Gasteiger partial charge in [0.05, 0.1) is 5.69 Å². The van der Waals surface area contributed by atoms with E-state index in [0.717, 1.165) is 0 Å². The average Bonchev–Trinajstić information content (AvgIpc) is 2.75. The molecule has 1 heterocycles. The van der Waals surface area contributed by atoms with Gasteiger partial charge in [-0.1, -0.05) is 0 Å². The van der Waals surface area contributed by atoms with Crippen molar-refractivity contribution in [1.82, 2.24) is 9.13 Å². The summed E-state index contributed by atoms with van der Waals surface area (Å²) in [7, 11) is 0. The van der Waals surface area contributed by atoms with E-state index < -0.39 is 5.82 Å². The number of nitrogens with zero attached hydrogens (tertiary/aromatic N) is 2. The van der Waals surface area contributed by atoms with Crippen molar-refractivity contribution >= 4 is 17.3 Å². The zero-order valence-electron chi connectivity index (χ0n) is 11.8. The molecule has 0 unspecified atom stereocenters. The van der Waals surface area contributed by atoms with Gasteiger partial charge in [0.25, 0.3) is 0 Å². The van der Waals surface area contributed by atoms with Gasteiger partial charge in [0.2, 0.25) is 5.91 Å². The van der Waals surface area contributed by atoms with Gasteiger partial charge < -0.3 is 11.1 Å². The minimum absolute atomic E-state index is 0.0266. The number of imidazole rings is 1. The molecule has 0 aliphatic heterocycles. The van der Waals surface area contributed by atoms with Crippen LogP contribution in [0.4, 0.5) is 15.8 Å². The summed E-state index contributed by atoms with van der Waals surface area (Å²) >= 11 is 0. The fourth-order valence-corrected chi connectivity index (χ4v) is 1.92. The van der Waals surface area contributed by atoms with Gasteiger partial charge in [-0.2, -0.15) is 0 Å². The molecule has 0 radical (unpaired) electrons. The van der Waals surface area contributed by atoms with Crippen molar-refractivity contribution in [2.75, 3.05) is 11.1 Å². The lowest BCUT2D eigenvalue weighted by Gasteiger charge is -2.07. The molecule has 2 aromatic rings. The van der Waals surface area contributed by atoms with Gasteiger partial charge in [0.15, 0.2) is 0 Å². The molecule has 6 nitrogen and oxygen atoms in total. The molecule has 0 fully saturated rings. The highest BCUT2D eigenvalue weighted by molar-refractivity contribution is 5.91. The number of rotatable bonds is 4. The minimum Gasteiger partial charge on any atom is -0.396 e. The zero-order chi connectivity index (χ0) is 15.6. The van der Waals surface area contributed by atoms with Crippen molar-refractivity contribution in [3.8, 4) is 0 Å². The van der Waals surface area contributed by atoms with Crippen LogP contribution < -0.4 is 16.7 Å². The number of carbonyl (C=O) groups is 1. The van der Waals surface area contributed by atoms with E-state index in [0.29, 0.717) is 5.69 Å². The second kappa shape index (κ2) is 5.82. The molecule has 1 aromatic carbocycles. The second-order valence-corrected chi connectivity index (χ2v) is 4.99. The highest BCUT2D eigenvalue weighted by Gasteiger charge is 2.10. The van der Waals surface area contributed by atoms with Crippen molar-refractivity contribution in [3.05, 3.63) is 46.9 Å². The number of anilines is 2. The van der Waals surface area contributed by atoms with Gasteiger partial charge in [-0.25, -0.2) is 9.18 Å². The Labute approximate surface area is 121 Å². The van der Waals surface area contributed by atoms with E-state index in [2.05, 4.69) is 5.32 Å². The van der Waals surface area contributed by atoms with Crippen molar-refractivity contribution in [3.63, 3.8) is 0 Å². The Balaban J connectivity index is 2.08. The van der Waals surface area contributed by atoms with Gasteiger partial charge in [0.1, 0.15) is 12.4 Å². The van der Waals surface area contributed by atoms with E-state index in [4.69, 9.17) is 5.73 Å². The summed E-state index contributed by atoms with van der Waals surface area (Å²) in [6, 6.07) is 3.94. The van der Waals surface area contributed by atoms with Gasteiger partial charge >= 0.3 is 5.69 Å². The van der Waals surface area contributed by atoms with Crippen LogP contribution >= 0.6 is 0 Å². The molecule has 7 heteroatoms. The number of halogens is 1. The number of nitrogens with one attached hydrogen (secondary N) is 1. The molecule has 0 atom stereocenters. The highest BCUT2D eigenvalue weighted by atomic mass is 19.1. The van der Waals surface area contributed by atoms with E-state index in [1.54, 1.807) is 12.4 Å². The Hall–Kier alpha value is -2.57. The van der Waals surface area contributed by atoms with Crippen LogP contribution in [0.25, 0.3) is 0 Å². The molecule has 0 saturated heterocycles. The third kappa shape index (κ3) is 3.31. The zero-order valence-corrected chi connectivity index (χ0v) is 11.8. The molecular weight excluding hydrogens is 275 g/mol. The maximum absolute atomic E-state index is 13.0. The standard InChI is InChI=1S/C14H17FN4O2/c1-9(2)19-6-5-18(14(19)21)8-13(20)17-10-3-4-11(15)12(16)7-10/h3-7,9H,8,16H2,1-2H3,(H,17,20). The van der Waals surface area contributed by atoms with Crippen LogP contribution in [0.15, 0.2) is 35.4 Å². The summed E-state index contributed by atoms with van der Waals surface area (Å²) in [5.74, 6) is -0.928. The topological polar surface area (TPSA) is 82.1 Å². The molecular formula is C14H17FN4O2. The van der Waals surface area contributed by atoms with Crippen LogP contribution in [0.2, 0.25) is 0 Å². The maximum atomic E-state index is 13.0. The summed E-state index contributed by atoms with van der Waals surface area (Å²) in [5, 5.41) is 2.57. The molecule has 1 amide bonds. The summed E-state index contributed by atoms with van der Waals surface area (Å²) in [5.41, 5.74) is 5.51. The van der Waals surface area contributed by atoms with Crippen molar-refractivity contribution < 1.29 is 9.18 Å². The molecule has 1 aromatic heterocycles. The van der Waals surface area contributed by atoms with Gasteiger partial charge in [-0.15, -0.1) is 0 Å². The van der Waals surface area contributed by atoms with Crippen LogP contribution in [0, 0.1) is 5.82 Å².